The monoisotopic (exact) mass is 1520 g/mol. The van der Waals surface area contributed by atoms with Crippen LogP contribution in [0.25, 0.3) is 32.5 Å². The van der Waals surface area contributed by atoms with Crippen LogP contribution in [0.4, 0.5) is 94.6 Å². The van der Waals surface area contributed by atoms with Gasteiger partial charge in [0.15, 0.2) is 20.0 Å². The number of para-hydroxylation sites is 4. The predicted molar refractivity (Wildman–Crippen MR) is 402 cm³/mol. The third-order valence-corrected chi connectivity index (χ3v) is 19.4. The van der Waals surface area contributed by atoms with Crippen LogP contribution in [0.5, 0.6) is 0 Å². The maximum atomic E-state index is 10.8. The molecule has 14 rings (SSSR count). The summed E-state index contributed by atoms with van der Waals surface area (Å²) in [7, 11) is -11.2. The largest absolute Gasteiger partial charge is 1.00 e. The van der Waals surface area contributed by atoms with Gasteiger partial charge in [-0.25, -0.2) is 21.7 Å². The Hall–Kier alpha value is -9.86. The van der Waals surface area contributed by atoms with E-state index < -0.39 is 31.1 Å². The second kappa shape index (κ2) is 30.6. The summed E-state index contributed by atoms with van der Waals surface area (Å²) in [6.07, 6.45) is 0. The summed E-state index contributed by atoms with van der Waals surface area (Å²) >= 11 is 0. The molecule has 103 heavy (non-hydrogen) atoms. The van der Waals surface area contributed by atoms with Crippen molar-refractivity contribution in [3.8, 4) is 22.3 Å². The van der Waals surface area contributed by atoms with Gasteiger partial charge in [0.05, 0.1) is 0 Å². The van der Waals surface area contributed by atoms with Crippen LogP contribution >= 0.6 is 0 Å². The SMILES string of the molecule is Cc1cccc(N(c2ccccc2)c2ccc3c(c2)C(C)(C)c2cc(N(c4ccccc4)c4cccc(C)c4)ccc2-3)c1.Cc1cccc(N(c2ccccc2)c2ccc3c(c2)C(C)(C)c2cc([NH+](c4ccccc4)c4cccc(C)c4)ccc2-3)c1.[Ag+].[NH-]S(=O)(=O)C(F)(F)F.[NH-]S(=O)(=O)C(F)(F)F. The number of quaternary nitrogens is 1. The van der Waals surface area contributed by atoms with Crippen LogP contribution in [-0.2, 0) is 53.3 Å². The number of hydrogen-bond donors (Lipinski definition) is 1. The minimum atomic E-state index is -5.59. The zero-order valence-electron chi connectivity index (χ0n) is 57.6. The van der Waals surface area contributed by atoms with Crippen molar-refractivity contribution >= 4 is 88.3 Å². The summed E-state index contributed by atoms with van der Waals surface area (Å²) in [5.74, 6) is 0. The summed E-state index contributed by atoms with van der Waals surface area (Å²) in [6.45, 7) is 18.1. The molecular weight excluding hydrogens is 1440 g/mol. The average Bonchev–Trinajstić information content (AvgIpc) is 1.57. The predicted octanol–water partition coefficient (Wildman–Crippen LogP) is 23.6. The Bertz CT molecular complexity index is 4640. The smallest absolute Gasteiger partial charge is 0.556 e. The second-order valence-corrected chi connectivity index (χ2v) is 29.2. The van der Waals surface area contributed by atoms with Crippen LogP contribution in [0.1, 0.15) is 72.2 Å². The molecule has 2 aliphatic rings. The molecule has 0 aromatic heterocycles. The molecule has 0 radical (unpaired) electrons. The van der Waals surface area contributed by atoms with Crippen LogP contribution in [0.2, 0.25) is 0 Å². The minimum Gasteiger partial charge on any atom is -0.556 e. The number of nitrogens with one attached hydrogen (secondary N) is 3. The van der Waals surface area contributed by atoms with Gasteiger partial charge < -0.3 is 25.0 Å². The van der Waals surface area contributed by atoms with Crippen LogP contribution < -0.4 is 19.6 Å². The number of rotatable bonds is 12. The summed E-state index contributed by atoms with van der Waals surface area (Å²) in [6, 6.07) is 106. The van der Waals surface area contributed by atoms with Gasteiger partial charge in [0.2, 0.25) is 0 Å². The molecule has 0 saturated heterocycles. The quantitative estimate of drug-likeness (QED) is 0.0952. The molecule has 3 N–H and O–H groups in total. The van der Waals surface area contributed by atoms with Gasteiger partial charge in [-0.1, -0.05) is 167 Å². The number of halogens is 6. The summed E-state index contributed by atoms with van der Waals surface area (Å²) in [4.78, 5) is 8.38. The summed E-state index contributed by atoms with van der Waals surface area (Å²) < 4.78 is 102. The van der Waals surface area contributed by atoms with Gasteiger partial charge in [-0.3, -0.25) is 0 Å². The molecular formula is C84H75AgF6N6O4S2. The van der Waals surface area contributed by atoms with Gasteiger partial charge >= 0.3 is 33.4 Å². The molecule has 0 aliphatic heterocycles. The van der Waals surface area contributed by atoms with E-state index in [1.54, 1.807) is 0 Å². The van der Waals surface area contributed by atoms with E-state index in [2.05, 4.69) is 361 Å². The molecule has 0 amide bonds. The fourth-order valence-corrected chi connectivity index (χ4v) is 13.3. The zero-order valence-corrected chi connectivity index (χ0v) is 60.7. The maximum absolute atomic E-state index is 10.8. The molecule has 2 aliphatic carbocycles. The van der Waals surface area contributed by atoms with Crippen molar-refractivity contribution in [1.82, 2.24) is 0 Å². The Morgan fingerprint density at radius 2 is 0.524 bits per heavy atom. The third-order valence-electron chi connectivity index (χ3n) is 18.2. The van der Waals surface area contributed by atoms with E-state index in [9.17, 15) is 43.2 Å². The van der Waals surface area contributed by atoms with E-state index in [0.29, 0.717) is 0 Å². The van der Waals surface area contributed by atoms with Crippen molar-refractivity contribution in [1.29, 1.82) is 0 Å². The Morgan fingerprint density at radius 3 is 0.816 bits per heavy atom. The Labute approximate surface area is 614 Å². The Morgan fingerprint density at radius 1 is 0.291 bits per heavy atom. The van der Waals surface area contributed by atoms with Crippen molar-refractivity contribution < 1.29 is 70.5 Å². The first-order valence-corrected chi connectivity index (χ1v) is 35.7. The van der Waals surface area contributed by atoms with E-state index in [-0.39, 0.29) is 33.2 Å². The second-order valence-electron chi connectivity index (χ2n) is 26.2. The van der Waals surface area contributed by atoms with Gasteiger partial charge in [0, 0.05) is 80.2 Å². The Kier molecular flexibility index (Phi) is 22.5. The number of hydrogen-bond acceptors (Lipinski definition) is 7. The minimum absolute atomic E-state index is 0. The van der Waals surface area contributed by atoms with Gasteiger partial charge in [-0.15, -0.1) is 0 Å². The first kappa shape index (κ1) is 75.8. The molecule has 1 atom stereocenters. The van der Waals surface area contributed by atoms with E-state index in [1.165, 1.54) is 123 Å². The maximum Gasteiger partial charge on any atom is 1.00 e. The van der Waals surface area contributed by atoms with Crippen molar-refractivity contribution in [3.63, 3.8) is 0 Å². The topological polar surface area (TPSA) is 130 Å². The van der Waals surface area contributed by atoms with Gasteiger partial charge in [-0.05, 0) is 228 Å². The molecule has 19 heteroatoms. The van der Waals surface area contributed by atoms with Crippen molar-refractivity contribution in [2.75, 3.05) is 14.7 Å². The molecule has 12 aromatic carbocycles. The van der Waals surface area contributed by atoms with Crippen LogP contribution in [-0.4, -0.2) is 27.9 Å². The first-order chi connectivity index (χ1) is 48.3. The molecule has 530 valence electrons. The number of sulfonamides is 2. The molecule has 0 spiro atoms. The molecule has 10 nitrogen and oxygen atoms in total. The van der Waals surface area contributed by atoms with Gasteiger partial charge in [-0.2, -0.15) is 26.3 Å². The fraction of sp³-hybridized carbons (Fsp3) is 0.143. The fourth-order valence-electron chi connectivity index (χ4n) is 13.3. The number of alkyl halides is 6. The number of anilines is 9. The summed E-state index contributed by atoms with van der Waals surface area (Å²) in [5.41, 5.74) is 18.8. The number of nitrogens with zero attached hydrogens (tertiary/aromatic N) is 3. The third kappa shape index (κ3) is 16.6. The first-order valence-electron chi connectivity index (χ1n) is 32.8. The van der Waals surface area contributed by atoms with Gasteiger partial charge in [0.1, 0.15) is 17.1 Å². The standard InChI is InChI=1S/2C41H36N2.2CHF3NO2S.Ag/c2*1-29-13-11-19-33(25-29)42(31-15-7-5-8-16-31)35-21-23-37-38-24-22-36(28-40(38)41(3,4)39(37)27-35)43(32-17-9-6-10-18-32)34-20-12-14-30(2)26-34;2*2-1(3,4)8(5,6)7;/h2*5-28H,1-4H3;2*(H-,5,6,7);/q;;2*-1;+1/p+1. The van der Waals surface area contributed by atoms with E-state index in [4.69, 9.17) is 10.3 Å². The van der Waals surface area contributed by atoms with Crippen molar-refractivity contribution in [2.45, 2.75) is 77.2 Å². The van der Waals surface area contributed by atoms with Gasteiger partial charge in [0.25, 0.3) is 0 Å². The zero-order chi connectivity index (χ0) is 73.1. The molecule has 0 heterocycles. The number of aryl methyl sites for hydroxylation is 4. The van der Waals surface area contributed by atoms with Crippen LogP contribution in [0.15, 0.2) is 291 Å². The van der Waals surface area contributed by atoms with Crippen molar-refractivity contribution in [3.05, 3.63) is 346 Å². The summed E-state index contributed by atoms with van der Waals surface area (Å²) in [5, 5.41) is 10.9. The average molecular weight is 1520 g/mol. The number of fused-ring (bicyclic) bond motifs is 6. The van der Waals surface area contributed by atoms with Crippen molar-refractivity contribution in [2.24, 2.45) is 0 Å². The Balaban J connectivity index is 0.000000181. The number of benzene rings is 12. The molecule has 0 saturated carbocycles. The molecule has 12 aromatic rings. The molecule has 0 bridgehead atoms. The van der Waals surface area contributed by atoms with E-state index >= 15 is 0 Å². The van der Waals surface area contributed by atoms with E-state index in [1.807, 2.05) is 0 Å². The normalized spacial score (nSPS) is 13.2. The molecule has 1 unspecified atom stereocenters. The molecule has 0 fully saturated rings. The van der Waals surface area contributed by atoms with Crippen LogP contribution in [0.3, 0.4) is 0 Å². The van der Waals surface area contributed by atoms with E-state index in [0.717, 1.165) is 17.1 Å². The van der Waals surface area contributed by atoms with Crippen LogP contribution in [0, 0.1) is 27.7 Å².